The first-order valence-corrected chi connectivity index (χ1v) is 6.50. The van der Waals surface area contributed by atoms with Crippen LogP contribution >= 0.6 is 11.6 Å². The summed E-state index contributed by atoms with van der Waals surface area (Å²) in [4.78, 5) is 16.5. The molecular formula is C14H14ClN3O3. The molecule has 0 aliphatic carbocycles. The summed E-state index contributed by atoms with van der Waals surface area (Å²) in [5.74, 6) is 0.413. The lowest BCUT2D eigenvalue weighted by Crippen LogP contribution is -2.09. The molecule has 110 valence electrons. The summed E-state index contributed by atoms with van der Waals surface area (Å²) in [5.41, 5.74) is 2.17. The lowest BCUT2D eigenvalue weighted by molar-refractivity contribution is 0.215. The Kier molecular flexibility index (Phi) is 4.59. The van der Waals surface area contributed by atoms with Gasteiger partial charge < -0.3 is 9.57 Å². The van der Waals surface area contributed by atoms with Crippen molar-refractivity contribution in [1.29, 1.82) is 0 Å². The van der Waals surface area contributed by atoms with Crippen molar-refractivity contribution >= 4 is 17.8 Å². The maximum atomic E-state index is 11.8. The van der Waals surface area contributed by atoms with Crippen LogP contribution in [0.2, 0.25) is 5.15 Å². The Hall–Kier alpha value is -2.34. The molecule has 6 nitrogen and oxygen atoms in total. The fourth-order valence-corrected chi connectivity index (χ4v) is 1.84. The van der Waals surface area contributed by atoms with E-state index in [1.807, 2.05) is 26.0 Å². The average Bonchev–Trinajstić information content (AvgIpc) is 2.45. The van der Waals surface area contributed by atoms with E-state index in [0.717, 1.165) is 11.1 Å². The quantitative estimate of drug-likeness (QED) is 0.696. The minimum atomic E-state index is -0.408. The molecule has 7 heteroatoms. The van der Waals surface area contributed by atoms with Crippen molar-refractivity contribution in [3.05, 3.63) is 50.3 Å². The molecule has 1 aromatic heterocycles. The largest absolute Gasteiger partial charge is 0.434 e. The zero-order chi connectivity index (χ0) is 15.4. The molecule has 0 saturated heterocycles. The number of benzene rings is 1. The van der Waals surface area contributed by atoms with Crippen LogP contribution < -0.4 is 10.2 Å². The topological polar surface area (TPSA) is 76.6 Å². The van der Waals surface area contributed by atoms with Crippen LogP contribution in [0.5, 0.6) is 11.6 Å². The fourth-order valence-electron chi connectivity index (χ4n) is 1.70. The SMILES string of the molecule is CO/N=C/c1ccc(C)c(C)c1Oc1n[nH]c(Cl)cc1=O. The third-order valence-corrected chi connectivity index (χ3v) is 3.13. The molecule has 0 aliphatic heterocycles. The third-order valence-electron chi connectivity index (χ3n) is 2.94. The Morgan fingerprint density at radius 2 is 2.14 bits per heavy atom. The zero-order valence-electron chi connectivity index (χ0n) is 11.8. The van der Waals surface area contributed by atoms with Crippen LogP contribution in [0, 0.1) is 13.8 Å². The number of oxime groups is 1. The maximum Gasteiger partial charge on any atom is 0.285 e. The van der Waals surface area contributed by atoms with Gasteiger partial charge >= 0.3 is 0 Å². The van der Waals surface area contributed by atoms with Gasteiger partial charge in [0.2, 0.25) is 5.43 Å². The van der Waals surface area contributed by atoms with Gasteiger partial charge in [-0.1, -0.05) is 22.8 Å². The number of aryl methyl sites for hydroxylation is 1. The molecule has 0 unspecified atom stereocenters. The van der Waals surface area contributed by atoms with Crippen molar-refractivity contribution in [2.75, 3.05) is 7.11 Å². The minimum absolute atomic E-state index is 0.0832. The summed E-state index contributed by atoms with van der Waals surface area (Å²) in [6, 6.07) is 4.96. The summed E-state index contributed by atoms with van der Waals surface area (Å²) in [6.45, 7) is 3.83. The molecule has 2 aromatic rings. The van der Waals surface area contributed by atoms with E-state index >= 15 is 0 Å². The van der Waals surface area contributed by atoms with Crippen LogP contribution in [0.15, 0.2) is 28.1 Å². The van der Waals surface area contributed by atoms with Crippen molar-refractivity contribution < 1.29 is 9.57 Å². The van der Waals surface area contributed by atoms with Crippen LogP contribution in [-0.2, 0) is 4.84 Å². The van der Waals surface area contributed by atoms with E-state index in [0.29, 0.717) is 11.3 Å². The van der Waals surface area contributed by atoms with Gasteiger partial charge in [-0.25, -0.2) is 0 Å². The standard InChI is InChI=1S/C14H14ClN3O3/c1-8-4-5-10(7-16-20-3)13(9(8)2)21-14-11(19)6-12(15)17-18-14/h4-7H,1-3H3,(H,17,19)/b16-7+. The van der Waals surface area contributed by atoms with Crippen molar-refractivity contribution in [2.24, 2.45) is 5.16 Å². The molecule has 1 aromatic carbocycles. The van der Waals surface area contributed by atoms with Crippen LogP contribution in [0.3, 0.4) is 0 Å². The van der Waals surface area contributed by atoms with E-state index in [2.05, 4.69) is 20.2 Å². The number of nitrogens with zero attached hydrogens (tertiary/aromatic N) is 2. The Morgan fingerprint density at radius 1 is 1.38 bits per heavy atom. The molecule has 1 heterocycles. The van der Waals surface area contributed by atoms with Gasteiger partial charge in [-0.05, 0) is 31.0 Å². The molecule has 21 heavy (non-hydrogen) atoms. The summed E-state index contributed by atoms with van der Waals surface area (Å²) < 4.78 is 5.64. The highest BCUT2D eigenvalue weighted by Gasteiger charge is 2.13. The molecule has 0 atom stereocenters. The zero-order valence-corrected chi connectivity index (χ0v) is 12.6. The highest BCUT2D eigenvalue weighted by Crippen LogP contribution is 2.28. The number of halogens is 1. The summed E-state index contributed by atoms with van der Waals surface area (Å²) in [7, 11) is 1.45. The number of ether oxygens (including phenoxy) is 1. The van der Waals surface area contributed by atoms with Gasteiger partial charge in [-0.3, -0.25) is 9.89 Å². The molecule has 2 rings (SSSR count). The van der Waals surface area contributed by atoms with Crippen molar-refractivity contribution in [2.45, 2.75) is 13.8 Å². The van der Waals surface area contributed by atoms with Gasteiger partial charge in [-0.2, -0.15) is 0 Å². The predicted molar refractivity (Wildman–Crippen MR) is 80.5 cm³/mol. The molecule has 0 radical (unpaired) electrons. The lowest BCUT2D eigenvalue weighted by atomic mass is 10.1. The number of hydrogen-bond acceptors (Lipinski definition) is 5. The number of rotatable bonds is 4. The second-order valence-corrected chi connectivity index (χ2v) is 4.74. The maximum absolute atomic E-state index is 11.8. The van der Waals surface area contributed by atoms with Crippen LogP contribution in [-0.4, -0.2) is 23.5 Å². The molecule has 0 amide bonds. The monoisotopic (exact) mass is 307 g/mol. The van der Waals surface area contributed by atoms with E-state index in [9.17, 15) is 4.79 Å². The predicted octanol–water partition coefficient (Wildman–Crippen LogP) is 2.81. The van der Waals surface area contributed by atoms with Crippen molar-refractivity contribution in [3.8, 4) is 11.6 Å². The molecule has 0 spiro atoms. The van der Waals surface area contributed by atoms with Crippen LogP contribution in [0.4, 0.5) is 0 Å². The highest BCUT2D eigenvalue weighted by molar-refractivity contribution is 6.29. The molecule has 1 N–H and O–H groups in total. The van der Waals surface area contributed by atoms with Gasteiger partial charge in [0.05, 0.1) is 6.21 Å². The molecule has 0 bridgehead atoms. The molecule has 0 saturated carbocycles. The Balaban J connectivity index is 2.49. The average molecular weight is 308 g/mol. The highest BCUT2D eigenvalue weighted by atomic mass is 35.5. The first kappa shape index (κ1) is 15.1. The number of nitrogens with one attached hydrogen (secondary N) is 1. The second kappa shape index (κ2) is 6.41. The van der Waals surface area contributed by atoms with E-state index < -0.39 is 5.43 Å². The minimum Gasteiger partial charge on any atom is -0.434 e. The van der Waals surface area contributed by atoms with E-state index in [1.54, 1.807) is 0 Å². The first-order chi connectivity index (χ1) is 10.0. The number of aromatic amines is 1. The number of hydrogen-bond donors (Lipinski definition) is 1. The summed E-state index contributed by atoms with van der Waals surface area (Å²) in [5, 5.41) is 10.2. The molecular weight excluding hydrogens is 294 g/mol. The third kappa shape index (κ3) is 3.41. The second-order valence-electron chi connectivity index (χ2n) is 4.33. The first-order valence-electron chi connectivity index (χ1n) is 6.12. The van der Waals surface area contributed by atoms with Crippen molar-refractivity contribution in [1.82, 2.24) is 10.2 Å². The smallest absolute Gasteiger partial charge is 0.285 e. The van der Waals surface area contributed by atoms with E-state index in [1.165, 1.54) is 19.4 Å². The normalized spacial score (nSPS) is 10.9. The van der Waals surface area contributed by atoms with Gasteiger partial charge in [0.15, 0.2) is 0 Å². The Morgan fingerprint density at radius 3 is 2.81 bits per heavy atom. The number of H-pyrrole nitrogens is 1. The van der Waals surface area contributed by atoms with Gasteiger partial charge in [0.1, 0.15) is 18.0 Å². The fraction of sp³-hybridized carbons (Fsp3) is 0.214. The lowest BCUT2D eigenvalue weighted by Gasteiger charge is -2.12. The Bertz CT molecular complexity index is 741. The van der Waals surface area contributed by atoms with E-state index in [-0.39, 0.29) is 11.0 Å². The van der Waals surface area contributed by atoms with Gasteiger partial charge in [0, 0.05) is 11.6 Å². The summed E-state index contributed by atoms with van der Waals surface area (Å²) >= 11 is 5.66. The number of aromatic nitrogens is 2. The van der Waals surface area contributed by atoms with E-state index in [4.69, 9.17) is 16.3 Å². The van der Waals surface area contributed by atoms with Crippen LogP contribution in [0.25, 0.3) is 0 Å². The molecule has 0 aliphatic rings. The van der Waals surface area contributed by atoms with Gasteiger partial charge in [0.25, 0.3) is 5.88 Å². The van der Waals surface area contributed by atoms with Crippen molar-refractivity contribution in [3.63, 3.8) is 0 Å². The van der Waals surface area contributed by atoms with Crippen LogP contribution in [0.1, 0.15) is 16.7 Å². The summed E-state index contributed by atoms with van der Waals surface area (Å²) in [6.07, 6.45) is 1.51. The van der Waals surface area contributed by atoms with Gasteiger partial charge in [-0.15, -0.1) is 5.10 Å². The molecule has 0 fully saturated rings. The Labute approximate surface area is 126 Å².